The van der Waals surface area contributed by atoms with Crippen molar-refractivity contribution < 1.29 is 22.7 Å². The van der Waals surface area contributed by atoms with Gasteiger partial charge in [-0.1, -0.05) is 6.08 Å². The maximum atomic E-state index is 12.8. The zero-order valence-electron chi connectivity index (χ0n) is 6.27. The fourth-order valence-electron chi connectivity index (χ4n) is 0.955. The summed E-state index contributed by atoms with van der Waals surface area (Å²) < 4.78 is 33.8. The summed E-state index contributed by atoms with van der Waals surface area (Å²) in [5.41, 5.74) is 0. The molecule has 13 heavy (non-hydrogen) atoms. The van der Waals surface area contributed by atoms with Crippen LogP contribution in [0.2, 0.25) is 0 Å². The molecule has 1 aliphatic carbocycles. The van der Waals surface area contributed by atoms with Crippen LogP contribution in [0.1, 0.15) is 0 Å². The zero-order chi connectivity index (χ0) is 10.0. The van der Waals surface area contributed by atoms with E-state index < -0.39 is 32.9 Å². The lowest BCUT2D eigenvalue weighted by Crippen LogP contribution is -2.25. The third-order valence-electron chi connectivity index (χ3n) is 1.52. The van der Waals surface area contributed by atoms with Crippen LogP contribution < -0.4 is 0 Å². The summed E-state index contributed by atoms with van der Waals surface area (Å²) in [6.07, 6.45) is 3.14. The van der Waals surface area contributed by atoms with Crippen LogP contribution in [0.5, 0.6) is 0 Å². The number of hydrogen-bond acceptors (Lipinski definition) is 3. The van der Waals surface area contributed by atoms with Gasteiger partial charge in [0, 0.05) is 0 Å². The summed E-state index contributed by atoms with van der Waals surface area (Å²) in [6, 6.07) is 0. The van der Waals surface area contributed by atoms with Gasteiger partial charge in [-0.2, -0.15) is 8.42 Å². The van der Waals surface area contributed by atoms with Crippen molar-refractivity contribution in [2.75, 3.05) is 0 Å². The Labute approximate surface area is 74.5 Å². The van der Waals surface area contributed by atoms with Crippen molar-refractivity contribution in [1.29, 1.82) is 0 Å². The van der Waals surface area contributed by atoms with Gasteiger partial charge in [0.05, 0.1) is 4.86 Å². The third kappa shape index (κ3) is 1.83. The van der Waals surface area contributed by atoms with Crippen LogP contribution in [0.25, 0.3) is 0 Å². The fraction of sp³-hybridized carbons (Fsp3) is 0.143. The summed E-state index contributed by atoms with van der Waals surface area (Å²) in [6.45, 7) is 0. The first-order chi connectivity index (χ1) is 6.04. The van der Waals surface area contributed by atoms with Crippen molar-refractivity contribution in [3.63, 3.8) is 0 Å². The average molecular weight is 204 g/mol. The molecule has 0 aliphatic heterocycles. The van der Waals surface area contributed by atoms with Gasteiger partial charge in [-0.05, 0) is 12.2 Å². The van der Waals surface area contributed by atoms with E-state index in [9.17, 15) is 17.6 Å². The summed E-state index contributed by atoms with van der Waals surface area (Å²) in [5, 5.41) is 8.52. The smallest absolute Gasteiger partial charge is 0.318 e. The second-order valence-corrected chi connectivity index (χ2v) is 3.26. The number of rotatable bonds is 1. The number of hydrogen-bond donors (Lipinski definition) is 1. The quantitative estimate of drug-likeness (QED) is 0.617. The van der Waals surface area contributed by atoms with Gasteiger partial charge in [0.15, 0.2) is 0 Å². The summed E-state index contributed by atoms with van der Waals surface area (Å²) in [7, 11) is -2.71. The molecule has 4 nitrogen and oxygen atoms in total. The predicted molar refractivity (Wildman–Crippen MR) is 43.4 cm³/mol. The molecule has 1 aliphatic rings. The molecular weight excluding hydrogens is 199 g/mol. The molecule has 0 heterocycles. The van der Waals surface area contributed by atoms with Crippen molar-refractivity contribution in [3.05, 3.63) is 24.1 Å². The highest BCUT2D eigenvalue weighted by molar-refractivity contribution is 7.73. The van der Waals surface area contributed by atoms with Gasteiger partial charge in [-0.3, -0.25) is 4.79 Å². The van der Waals surface area contributed by atoms with Gasteiger partial charge in [-0.25, -0.2) is 4.39 Å². The molecule has 1 atom stereocenters. The van der Waals surface area contributed by atoms with Crippen LogP contribution in [-0.4, -0.2) is 24.4 Å². The summed E-state index contributed by atoms with van der Waals surface area (Å²) >= 11 is 0. The Morgan fingerprint density at radius 3 is 2.54 bits per heavy atom. The molecule has 0 radical (unpaired) electrons. The number of allylic oxidation sites excluding steroid dienone is 3. The minimum absolute atomic E-state index is 0.465. The molecule has 0 amide bonds. The molecule has 1 N–H and O–H groups in total. The van der Waals surface area contributed by atoms with E-state index in [4.69, 9.17) is 5.11 Å². The van der Waals surface area contributed by atoms with E-state index in [1.165, 1.54) is 0 Å². The Balaban J connectivity index is 3.31. The first-order valence-corrected chi connectivity index (χ1v) is 4.34. The number of aliphatic carboxylic acids is 1. The Bertz CT molecular complexity index is 421. The number of carbonyl (C=O) groups is 1. The molecule has 0 fully saturated rings. The van der Waals surface area contributed by atoms with Crippen LogP contribution in [-0.2, 0) is 15.1 Å². The highest BCUT2D eigenvalue weighted by Crippen LogP contribution is 2.19. The Morgan fingerprint density at radius 2 is 2.15 bits per heavy atom. The maximum Gasteiger partial charge on any atom is 0.318 e. The van der Waals surface area contributed by atoms with E-state index >= 15 is 0 Å². The topological polar surface area (TPSA) is 71.4 Å². The van der Waals surface area contributed by atoms with Crippen molar-refractivity contribution in [3.8, 4) is 0 Å². The number of halogens is 1. The van der Waals surface area contributed by atoms with Crippen molar-refractivity contribution in [1.82, 2.24) is 0 Å². The van der Waals surface area contributed by atoms with Gasteiger partial charge < -0.3 is 5.11 Å². The Hall–Kier alpha value is -1.43. The van der Waals surface area contributed by atoms with Crippen molar-refractivity contribution in [2.24, 2.45) is 5.92 Å². The van der Waals surface area contributed by atoms with E-state index in [0.717, 1.165) is 18.2 Å². The number of carboxylic acid groups (broad SMARTS) is 1. The molecule has 1 unspecified atom stereocenters. The fourth-order valence-corrected chi connectivity index (χ4v) is 1.55. The van der Waals surface area contributed by atoms with Crippen LogP contribution in [0.3, 0.4) is 0 Å². The molecule has 0 aromatic rings. The van der Waals surface area contributed by atoms with Crippen LogP contribution in [0, 0.1) is 5.92 Å². The second-order valence-electron chi connectivity index (χ2n) is 2.32. The molecule has 70 valence electrons. The Morgan fingerprint density at radius 1 is 1.54 bits per heavy atom. The SMILES string of the molecule is O=C(O)C1C(F)=CC=CC1=S(=O)=O. The van der Waals surface area contributed by atoms with Crippen molar-refractivity contribution in [2.45, 2.75) is 0 Å². The van der Waals surface area contributed by atoms with E-state index in [2.05, 4.69) is 0 Å². The number of carboxylic acids is 1. The standard InChI is InChI=1S/C7H5FO4S/c8-4-2-1-3-5(13(11)12)6(4)7(9)10/h1-3,6H,(H,9,10). The van der Waals surface area contributed by atoms with Gasteiger partial charge >= 0.3 is 5.97 Å². The highest BCUT2D eigenvalue weighted by atomic mass is 32.2. The lowest BCUT2D eigenvalue weighted by molar-refractivity contribution is -0.138. The van der Waals surface area contributed by atoms with E-state index in [1.807, 2.05) is 0 Å². The normalized spacial score (nSPS) is 21.2. The molecule has 0 saturated carbocycles. The maximum absolute atomic E-state index is 12.8. The minimum Gasteiger partial charge on any atom is -0.480 e. The Kier molecular flexibility index (Phi) is 2.62. The van der Waals surface area contributed by atoms with Crippen LogP contribution >= 0.6 is 0 Å². The third-order valence-corrected chi connectivity index (χ3v) is 2.27. The van der Waals surface area contributed by atoms with E-state index in [-0.39, 0.29) is 0 Å². The van der Waals surface area contributed by atoms with Crippen LogP contribution in [0.15, 0.2) is 24.1 Å². The molecule has 0 aromatic heterocycles. The minimum atomic E-state index is -2.71. The predicted octanol–water partition coefficient (Wildman–Crippen LogP) is 0.162. The molecule has 6 heteroatoms. The van der Waals surface area contributed by atoms with Gasteiger partial charge in [0.2, 0.25) is 10.3 Å². The van der Waals surface area contributed by atoms with E-state index in [1.54, 1.807) is 0 Å². The largest absolute Gasteiger partial charge is 0.480 e. The summed E-state index contributed by atoms with van der Waals surface area (Å²) in [5.74, 6) is -4.19. The molecule has 0 spiro atoms. The van der Waals surface area contributed by atoms with Gasteiger partial charge in [0.1, 0.15) is 11.7 Å². The van der Waals surface area contributed by atoms with Crippen molar-refractivity contribution >= 4 is 21.1 Å². The molecular formula is C7H5FO4S. The molecule has 0 bridgehead atoms. The lowest BCUT2D eigenvalue weighted by atomic mass is 10.00. The highest BCUT2D eigenvalue weighted by Gasteiger charge is 2.29. The van der Waals surface area contributed by atoms with E-state index in [0.29, 0.717) is 0 Å². The second kappa shape index (κ2) is 3.53. The molecule has 1 rings (SSSR count). The van der Waals surface area contributed by atoms with Gasteiger partial charge in [-0.15, -0.1) is 0 Å². The van der Waals surface area contributed by atoms with Crippen LogP contribution in [0.4, 0.5) is 4.39 Å². The summed E-state index contributed by atoms with van der Waals surface area (Å²) in [4.78, 5) is 10.0. The zero-order valence-corrected chi connectivity index (χ0v) is 7.08. The first-order valence-electron chi connectivity index (χ1n) is 3.26. The van der Waals surface area contributed by atoms with Gasteiger partial charge in [0.25, 0.3) is 0 Å². The average Bonchev–Trinajstić information content (AvgIpc) is 2.02. The lowest BCUT2D eigenvalue weighted by Gasteiger charge is -2.10. The molecule has 0 saturated heterocycles. The molecule has 0 aromatic carbocycles. The monoisotopic (exact) mass is 204 g/mol. The first kappa shape index (κ1) is 9.66.